The van der Waals surface area contributed by atoms with Crippen molar-refractivity contribution in [1.82, 2.24) is 10.3 Å². The molecule has 0 radical (unpaired) electrons. The Morgan fingerprint density at radius 3 is 2.88 bits per heavy atom. The second-order valence-electron chi connectivity index (χ2n) is 3.68. The largest absolute Gasteiger partial charge is 0.308 e. The molecule has 17 heavy (non-hydrogen) atoms. The minimum Gasteiger partial charge on any atom is -0.308 e. The van der Waals surface area contributed by atoms with Crippen molar-refractivity contribution in [2.45, 2.75) is 20.0 Å². The fourth-order valence-electron chi connectivity index (χ4n) is 1.47. The highest BCUT2D eigenvalue weighted by Gasteiger charge is 2.01. The third kappa shape index (κ3) is 3.78. The van der Waals surface area contributed by atoms with Crippen molar-refractivity contribution >= 4 is 38.9 Å². The topological polar surface area (TPSA) is 24.9 Å². The molecular weight excluding hydrogens is 320 g/mol. The van der Waals surface area contributed by atoms with Gasteiger partial charge in [-0.2, -0.15) is 0 Å². The standard InChI is InChI=1S/C12H12BrClN2S/c1-8-16-7-11(17-8)6-15-5-9-2-3-10(14)4-12(9)13/h2-4,7,15H,5-6H2,1H3. The van der Waals surface area contributed by atoms with E-state index in [9.17, 15) is 0 Å². The van der Waals surface area contributed by atoms with Gasteiger partial charge in [0.2, 0.25) is 0 Å². The number of halogens is 2. The number of rotatable bonds is 4. The van der Waals surface area contributed by atoms with Gasteiger partial charge in [0.05, 0.1) is 5.01 Å². The van der Waals surface area contributed by atoms with Gasteiger partial charge in [0.15, 0.2) is 0 Å². The molecule has 0 bridgehead atoms. The summed E-state index contributed by atoms with van der Waals surface area (Å²) in [6.07, 6.45) is 1.92. The lowest BCUT2D eigenvalue weighted by atomic mass is 10.2. The molecule has 0 saturated heterocycles. The van der Waals surface area contributed by atoms with Crippen LogP contribution in [0.4, 0.5) is 0 Å². The minimum absolute atomic E-state index is 0.749. The van der Waals surface area contributed by atoms with Crippen molar-refractivity contribution in [3.63, 3.8) is 0 Å². The van der Waals surface area contributed by atoms with E-state index in [-0.39, 0.29) is 0 Å². The Morgan fingerprint density at radius 2 is 2.24 bits per heavy atom. The Bertz CT molecular complexity index is 513. The van der Waals surface area contributed by atoms with Gasteiger partial charge in [-0.1, -0.05) is 33.6 Å². The Labute approximate surface area is 118 Å². The highest BCUT2D eigenvalue weighted by molar-refractivity contribution is 9.10. The summed E-state index contributed by atoms with van der Waals surface area (Å²) < 4.78 is 1.04. The monoisotopic (exact) mass is 330 g/mol. The van der Waals surface area contributed by atoms with Crippen molar-refractivity contribution < 1.29 is 0 Å². The number of hydrogen-bond acceptors (Lipinski definition) is 3. The van der Waals surface area contributed by atoms with Gasteiger partial charge in [-0.3, -0.25) is 0 Å². The molecule has 2 nitrogen and oxygen atoms in total. The van der Waals surface area contributed by atoms with Crippen LogP contribution in [0.1, 0.15) is 15.4 Å². The molecule has 5 heteroatoms. The lowest BCUT2D eigenvalue weighted by Gasteiger charge is -2.06. The third-order valence-electron chi connectivity index (χ3n) is 2.30. The molecule has 1 heterocycles. The second kappa shape index (κ2) is 5.96. The number of aryl methyl sites for hydroxylation is 1. The lowest BCUT2D eigenvalue weighted by Crippen LogP contribution is -2.12. The number of nitrogens with zero attached hydrogens (tertiary/aromatic N) is 1. The van der Waals surface area contributed by atoms with E-state index < -0.39 is 0 Å². The average molecular weight is 332 g/mol. The summed E-state index contributed by atoms with van der Waals surface area (Å²) in [6, 6.07) is 5.84. The average Bonchev–Trinajstić information content (AvgIpc) is 2.68. The van der Waals surface area contributed by atoms with Crippen LogP contribution in [0.3, 0.4) is 0 Å². The second-order valence-corrected chi connectivity index (χ2v) is 6.29. The number of benzene rings is 1. The van der Waals surface area contributed by atoms with Gasteiger partial charge in [0, 0.05) is 33.7 Å². The van der Waals surface area contributed by atoms with Gasteiger partial charge in [0.25, 0.3) is 0 Å². The van der Waals surface area contributed by atoms with Crippen LogP contribution in [-0.4, -0.2) is 4.98 Å². The molecule has 0 aliphatic heterocycles. The zero-order chi connectivity index (χ0) is 12.3. The smallest absolute Gasteiger partial charge is 0.0897 e. The van der Waals surface area contributed by atoms with Crippen LogP contribution in [0.5, 0.6) is 0 Å². The minimum atomic E-state index is 0.749. The Morgan fingerprint density at radius 1 is 1.41 bits per heavy atom. The summed E-state index contributed by atoms with van der Waals surface area (Å²) in [4.78, 5) is 5.48. The van der Waals surface area contributed by atoms with E-state index in [1.165, 1.54) is 10.4 Å². The van der Waals surface area contributed by atoms with Gasteiger partial charge in [-0.05, 0) is 24.6 Å². The summed E-state index contributed by atoms with van der Waals surface area (Å²) in [6.45, 7) is 3.68. The van der Waals surface area contributed by atoms with Crippen molar-refractivity contribution in [2.75, 3.05) is 0 Å². The SMILES string of the molecule is Cc1ncc(CNCc2ccc(Cl)cc2Br)s1. The first-order valence-corrected chi connectivity index (χ1v) is 7.20. The predicted molar refractivity (Wildman–Crippen MR) is 76.5 cm³/mol. The Kier molecular flexibility index (Phi) is 4.56. The van der Waals surface area contributed by atoms with Gasteiger partial charge < -0.3 is 5.32 Å². The first kappa shape index (κ1) is 13.0. The van der Waals surface area contributed by atoms with E-state index >= 15 is 0 Å². The Balaban J connectivity index is 1.90. The van der Waals surface area contributed by atoms with E-state index in [2.05, 4.69) is 26.2 Å². The van der Waals surface area contributed by atoms with Gasteiger partial charge in [-0.25, -0.2) is 4.98 Å². The molecule has 0 fully saturated rings. The first-order valence-electron chi connectivity index (χ1n) is 5.21. The molecule has 1 aromatic heterocycles. The van der Waals surface area contributed by atoms with E-state index in [0.717, 1.165) is 27.6 Å². The maximum absolute atomic E-state index is 5.89. The molecule has 2 rings (SSSR count). The summed E-state index contributed by atoms with van der Waals surface area (Å²) in [5.74, 6) is 0. The van der Waals surface area contributed by atoms with Crippen molar-refractivity contribution in [1.29, 1.82) is 0 Å². The number of hydrogen-bond donors (Lipinski definition) is 1. The maximum Gasteiger partial charge on any atom is 0.0897 e. The molecule has 0 aliphatic carbocycles. The van der Waals surface area contributed by atoms with Gasteiger partial charge in [-0.15, -0.1) is 11.3 Å². The van der Waals surface area contributed by atoms with E-state index in [4.69, 9.17) is 11.6 Å². The highest BCUT2D eigenvalue weighted by atomic mass is 79.9. The van der Waals surface area contributed by atoms with Crippen LogP contribution >= 0.6 is 38.9 Å². The zero-order valence-electron chi connectivity index (χ0n) is 9.34. The van der Waals surface area contributed by atoms with Crippen LogP contribution in [0, 0.1) is 6.92 Å². The molecule has 0 aliphatic rings. The quantitative estimate of drug-likeness (QED) is 0.910. The van der Waals surface area contributed by atoms with Crippen LogP contribution in [-0.2, 0) is 13.1 Å². The number of aromatic nitrogens is 1. The lowest BCUT2D eigenvalue weighted by molar-refractivity contribution is 0.698. The van der Waals surface area contributed by atoms with Gasteiger partial charge >= 0.3 is 0 Å². The normalized spacial score (nSPS) is 10.8. The van der Waals surface area contributed by atoms with Gasteiger partial charge in [0.1, 0.15) is 0 Å². The summed E-state index contributed by atoms with van der Waals surface area (Å²) in [5, 5.41) is 5.24. The fourth-order valence-corrected chi connectivity index (χ4v) is 3.06. The maximum atomic E-state index is 5.89. The molecule has 1 N–H and O–H groups in total. The molecule has 2 aromatic rings. The molecule has 0 atom stereocenters. The molecular formula is C12H12BrClN2S. The summed E-state index contributed by atoms with van der Waals surface area (Å²) >= 11 is 11.1. The molecule has 0 amide bonds. The summed E-state index contributed by atoms with van der Waals surface area (Å²) in [5.41, 5.74) is 1.20. The fraction of sp³-hybridized carbons (Fsp3) is 0.250. The van der Waals surface area contributed by atoms with Crippen molar-refractivity contribution in [3.8, 4) is 0 Å². The highest BCUT2D eigenvalue weighted by Crippen LogP contribution is 2.21. The van der Waals surface area contributed by atoms with E-state index in [0.29, 0.717) is 0 Å². The van der Waals surface area contributed by atoms with Crippen LogP contribution in [0.2, 0.25) is 5.02 Å². The summed E-state index contributed by atoms with van der Waals surface area (Å²) in [7, 11) is 0. The number of thiazole rings is 1. The van der Waals surface area contributed by atoms with E-state index in [1.807, 2.05) is 31.3 Å². The zero-order valence-corrected chi connectivity index (χ0v) is 12.5. The molecule has 0 spiro atoms. The molecule has 1 aromatic carbocycles. The third-order valence-corrected chi connectivity index (χ3v) is 4.18. The van der Waals surface area contributed by atoms with Crippen molar-refractivity contribution in [3.05, 3.63) is 49.3 Å². The van der Waals surface area contributed by atoms with E-state index in [1.54, 1.807) is 11.3 Å². The Hall–Kier alpha value is -0.420. The predicted octanol–water partition coefficient (Wildman–Crippen LogP) is 4.16. The van der Waals surface area contributed by atoms with Crippen LogP contribution < -0.4 is 5.32 Å². The number of nitrogens with one attached hydrogen (secondary N) is 1. The molecule has 90 valence electrons. The van der Waals surface area contributed by atoms with Crippen molar-refractivity contribution in [2.24, 2.45) is 0 Å². The van der Waals surface area contributed by atoms with Crippen LogP contribution in [0.25, 0.3) is 0 Å². The first-order chi connectivity index (χ1) is 8.15. The molecule has 0 saturated carbocycles. The van der Waals surface area contributed by atoms with Crippen LogP contribution in [0.15, 0.2) is 28.9 Å². The molecule has 0 unspecified atom stereocenters.